The Morgan fingerprint density at radius 1 is 0.744 bits per heavy atom. The standard InChI is InChI=1S/C34H44O5/c1-24(2)32(35)38-21-13-8-7-12-20-37-30-16-14-28(22-26(30)5)34(18-10-9-11-19-34)29-15-17-31(27(6)23-29)39-33(36)25(3)4/h14-17,22-23H,1,3,7-13,18-21H2,2,4-6H3. The lowest BCUT2D eigenvalue weighted by atomic mass is 9.65. The Morgan fingerprint density at radius 3 is 1.82 bits per heavy atom. The number of ether oxygens (including phenoxy) is 3. The van der Waals surface area contributed by atoms with E-state index in [4.69, 9.17) is 14.2 Å². The zero-order valence-electron chi connectivity index (χ0n) is 24.2. The molecular weight excluding hydrogens is 488 g/mol. The number of carbonyl (C=O) groups is 2. The van der Waals surface area contributed by atoms with Crippen LogP contribution in [0.2, 0.25) is 0 Å². The maximum Gasteiger partial charge on any atom is 0.338 e. The summed E-state index contributed by atoms with van der Waals surface area (Å²) >= 11 is 0. The second-order valence-electron chi connectivity index (χ2n) is 11.0. The lowest BCUT2D eigenvalue weighted by Gasteiger charge is -2.39. The van der Waals surface area contributed by atoms with E-state index in [1.165, 1.54) is 30.4 Å². The van der Waals surface area contributed by atoms with Crippen molar-refractivity contribution in [3.8, 4) is 11.5 Å². The zero-order valence-corrected chi connectivity index (χ0v) is 24.2. The number of unbranched alkanes of at least 4 members (excludes halogenated alkanes) is 3. The minimum Gasteiger partial charge on any atom is -0.493 e. The Bertz CT molecular complexity index is 1190. The molecule has 0 amide bonds. The summed E-state index contributed by atoms with van der Waals surface area (Å²) in [5, 5.41) is 0. The molecule has 5 heteroatoms. The van der Waals surface area contributed by atoms with Crippen LogP contribution in [0.3, 0.4) is 0 Å². The first kappa shape index (κ1) is 30.2. The van der Waals surface area contributed by atoms with E-state index >= 15 is 0 Å². The predicted molar refractivity (Wildman–Crippen MR) is 156 cm³/mol. The monoisotopic (exact) mass is 532 g/mol. The quantitative estimate of drug-likeness (QED) is 0.113. The van der Waals surface area contributed by atoms with E-state index in [0.29, 0.717) is 30.1 Å². The maximum absolute atomic E-state index is 12.0. The van der Waals surface area contributed by atoms with Gasteiger partial charge in [0.05, 0.1) is 13.2 Å². The van der Waals surface area contributed by atoms with E-state index in [0.717, 1.165) is 55.4 Å². The van der Waals surface area contributed by atoms with E-state index in [1.54, 1.807) is 13.8 Å². The van der Waals surface area contributed by atoms with Gasteiger partial charge in [-0.05, 0) is 101 Å². The Kier molecular flexibility index (Phi) is 11.0. The van der Waals surface area contributed by atoms with E-state index in [9.17, 15) is 9.59 Å². The molecule has 0 aliphatic heterocycles. The Hall–Kier alpha value is -3.34. The summed E-state index contributed by atoms with van der Waals surface area (Å²) < 4.78 is 16.8. The molecule has 1 aliphatic carbocycles. The summed E-state index contributed by atoms with van der Waals surface area (Å²) in [6, 6.07) is 12.9. The van der Waals surface area contributed by atoms with Gasteiger partial charge >= 0.3 is 11.9 Å². The number of aryl methyl sites for hydroxylation is 2. The summed E-state index contributed by atoms with van der Waals surface area (Å²) in [5.41, 5.74) is 5.47. The summed E-state index contributed by atoms with van der Waals surface area (Å²) in [4.78, 5) is 23.5. The summed E-state index contributed by atoms with van der Waals surface area (Å²) in [6.45, 7) is 15.8. The van der Waals surface area contributed by atoms with Gasteiger partial charge in [-0.1, -0.05) is 56.7 Å². The fourth-order valence-electron chi connectivity index (χ4n) is 5.28. The SMILES string of the molecule is C=C(C)C(=O)OCCCCCCOc1ccc(C2(c3ccc(OC(=O)C(=C)C)c(C)c3)CCCCC2)cc1C. The van der Waals surface area contributed by atoms with Crippen molar-refractivity contribution >= 4 is 11.9 Å². The van der Waals surface area contributed by atoms with Crippen LogP contribution < -0.4 is 9.47 Å². The Morgan fingerprint density at radius 2 is 1.28 bits per heavy atom. The minimum absolute atomic E-state index is 0.0587. The molecule has 39 heavy (non-hydrogen) atoms. The minimum atomic E-state index is -0.395. The van der Waals surface area contributed by atoms with Crippen molar-refractivity contribution in [2.24, 2.45) is 0 Å². The lowest BCUT2D eigenvalue weighted by Crippen LogP contribution is -2.30. The van der Waals surface area contributed by atoms with Crippen LogP contribution in [0.1, 0.15) is 93.9 Å². The van der Waals surface area contributed by atoms with Gasteiger partial charge in [-0.2, -0.15) is 0 Å². The van der Waals surface area contributed by atoms with Crippen molar-refractivity contribution < 1.29 is 23.8 Å². The summed E-state index contributed by atoms with van der Waals surface area (Å²) in [5.74, 6) is 0.806. The van der Waals surface area contributed by atoms with Gasteiger partial charge in [0.1, 0.15) is 11.5 Å². The van der Waals surface area contributed by atoms with Crippen LogP contribution in [0, 0.1) is 13.8 Å². The molecule has 0 N–H and O–H groups in total. The predicted octanol–water partition coefficient (Wildman–Crippen LogP) is 8.09. The third-order valence-corrected chi connectivity index (χ3v) is 7.59. The van der Waals surface area contributed by atoms with E-state index in [-0.39, 0.29) is 11.4 Å². The molecule has 0 bridgehead atoms. The zero-order chi connectivity index (χ0) is 28.4. The van der Waals surface area contributed by atoms with Crippen LogP contribution >= 0.6 is 0 Å². The first-order valence-electron chi connectivity index (χ1n) is 14.2. The number of hydrogen-bond donors (Lipinski definition) is 0. The largest absolute Gasteiger partial charge is 0.493 e. The molecule has 0 unspecified atom stereocenters. The van der Waals surface area contributed by atoms with Crippen molar-refractivity contribution in [3.05, 3.63) is 83.0 Å². The van der Waals surface area contributed by atoms with Gasteiger partial charge in [0, 0.05) is 16.6 Å². The molecule has 2 aromatic carbocycles. The number of esters is 2. The highest BCUT2D eigenvalue weighted by Gasteiger charge is 2.36. The van der Waals surface area contributed by atoms with Crippen molar-refractivity contribution in [1.82, 2.24) is 0 Å². The van der Waals surface area contributed by atoms with Crippen LogP contribution in [-0.4, -0.2) is 25.2 Å². The van der Waals surface area contributed by atoms with Crippen molar-refractivity contribution in [2.45, 2.75) is 90.9 Å². The highest BCUT2D eigenvalue weighted by molar-refractivity contribution is 5.89. The van der Waals surface area contributed by atoms with Gasteiger partial charge in [-0.25, -0.2) is 9.59 Å². The molecule has 3 rings (SSSR count). The average Bonchev–Trinajstić information content (AvgIpc) is 2.92. The van der Waals surface area contributed by atoms with Gasteiger partial charge in [0.2, 0.25) is 0 Å². The van der Waals surface area contributed by atoms with Crippen LogP contribution in [0.5, 0.6) is 11.5 Å². The maximum atomic E-state index is 12.0. The normalized spacial score (nSPS) is 14.4. The molecular formula is C34H44O5. The third kappa shape index (κ3) is 8.08. The van der Waals surface area contributed by atoms with Gasteiger partial charge in [-0.15, -0.1) is 0 Å². The molecule has 0 heterocycles. The highest BCUT2D eigenvalue weighted by atomic mass is 16.5. The molecule has 1 saturated carbocycles. The van der Waals surface area contributed by atoms with E-state index in [2.05, 4.69) is 50.4 Å². The number of benzene rings is 2. The van der Waals surface area contributed by atoms with Crippen molar-refractivity contribution in [2.75, 3.05) is 13.2 Å². The molecule has 0 atom stereocenters. The van der Waals surface area contributed by atoms with E-state index < -0.39 is 5.97 Å². The van der Waals surface area contributed by atoms with Crippen molar-refractivity contribution in [3.63, 3.8) is 0 Å². The Labute approximate surface area is 234 Å². The smallest absolute Gasteiger partial charge is 0.338 e. The topological polar surface area (TPSA) is 61.8 Å². The average molecular weight is 533 g/mol. The molecule has 1 fully saturated rings. The molecule has 2 aromatic rings. The summed E-state index contributed by atoms with van der Waals surface area (Å²) in [7, 11) is 0. The van der Waals surface area contributed by atoms with E-state index in [1.807, 2.05) is 13.0 Å². The van der Waals surface area contributed by atoms with Crippen molar-refractivity contribution in [1.29, 1.82) is 0 Å². The van der Waals surface area contributed by atoms with Gasteiger partial charge in [0.25, 0.3) is 0 Å². The lowest BCUT2D eigenvalue weighted by molar-refractivity contribution is -0.139. The molecule has 0 saturated heterocycles. The molecule has 5 nitrogen and oxygen atoms in total. The van der Waals surface area contributed by atoms with Gasteiger partial charge in [-0.3, -0.25) is 0 Å². The van der Waals surface area contributed by atoms with Crippen LogP contribution in [-0.2, 0) is 19.7 Å². The van der Waals surface area contributed by atoms with Gasteiger partial charge in [0.15, 0.2) is 0 Å². The van der Waals surface area contributed by atoms with Crippen LogP contribution in [0.4, 0.5) is 0 Å². The molecule has 210 valence electrons. The van der Waals surface area contributed by atoms with Gasteiger partial charge < -0.3 is 14.2 Å². The highest BCUT2D eigenvalue weighted by Crippen LogP contribution is 2.46. The second-order valence-corrected chi connectivity index (χ2v) is 11.0. The summed E-state index contributed by atoms with van der Waals surface area (Å²) in [6.07, 6.45) is 9.67. The first-order chi connectivity index (χ1) is 18.6. The molecule has 0 aromatic heterocycles. The third-order valence-electron chi connectivity index (χ3n) is 7.59. The second kappa shape index (κ2) is 14.2. The fourth-order valence-corrected chi connectivity index (χ4v) is 5.28. The molecule has 0 radical (unpaired) electrons. The number of carbonyl (C=O) groups excluding carboxylic acids is 2. The van der Waals surface area contributed by atoms with Crippen LogP contribution in [0.25, 0.3) is 0 Å². The first-order valence-corrected chi connectivity index (χ1v) is 14.2. The number of hydrogen-bond acceptors (Lipinski definition) is 5. The Balaban J connectivity index is 1.63. The van der Waals surface area contributed by atoms with Crippen LogP contribution in [0.15, 0.2) is 60.7 Å². The fraction of sp³-hybridized carbons (Fsp3) is 0.471. The number of rotatable bonds is 13. The molecule has 0 spiro atoms. The molecule has 1 aliphatic rings.